The molecule has 0 radical (unpaired) electrons. The van der Waals surface area contributed by atoms with Gasteiger partial charge in [-0.2, -0.15) is 13.2 Å². The van der Waals surface area contributed by atoms with Crippen LogP contribution in [0.5, 0.6) is 0 Å². The van der Waals surface area contributed by atoms with Crippen molar-refractivity contribution in [3.05, 3.63) is 0 Å². The van der Waals surface area contributed by atoms with Gasteiger partial charge in [0, 0.05) is 25.2 Å². The largest absolute Gasteiger partial charge is 0.411 e. The Morgan fingerprint density at radius 1 is 1.28 bits per heavy atom. The first-order valence-electron chi connectivity index (χ1n) is 6.12. The normalized spacial score (nSPS) is 28.3. The van der Waals surface area contributed by atoms with Crippen LogP contribution >= 0.6 is 0 Å². The van der Waals surface area contributed by atoms with Crippen molar-refractivity contribution in [3.8, 4) is 0 Å². The van der Waals surface area contributed by atoms with E-state index in [1.807, 2.05) is 0 Å². The maximum Gasteiger partial charge on any atom is 0.411 e. The van der Waals surface area contributed by atoms with Gasteiger partial charge in [-0.1, -0.05) is 0 Å². The quantitative estimate of drug-likeness (QED) is 0.826. The van der Waals surface area contributed by atoms with E-state index in [0.717, 1.165) is 19.3 Å². The van der Waals surface area contributed by atoms with E-state index in [1.54, 1.807) is 4.90 Å². The lowest BCUT2D eigenvalue weighted by atomic mass is 10.1. The van der Waals surface area contributed by atoms with Crippen LogP contribution in [-0.4, -0.2) is 55.4 Å². The summed E-state index contributed by atoms with van der Waals surface area (Å²) in [5.41, 5.74) is 0. The van der Waals surface area contributed by atoms with Crippen molar-refractivity contribution in [2.45, 2.75) is 37.5 Å². The van der Waals surface area contributed by atoms with Gasteiger partial charge in [0.05, 0.1) is 0 Å². The molecule has 4 nitrogen and oxygen atoms in total. The molecule has 7 heteroatoms. The number of halogens is 3. The molecule has 2 aliphatic heterocycles. The van der Waals surface area contributed by atoms with Crippen LogP contribution in [0, 0.1) is 0 Å². The molecule has 2 atom stereocenters. The molecular formula is C11H17F3N2O2. The molecule has 2 unspecified atom stereocenters. The number of hydrogen-bond acceptors (Lipinski definition) is 3. The molecule has 104 valence electrons. The van der Waals surface area contributed by atoms with E-state index in [0.29, 0.717) is 19.1 Å². The molecule has 18 heavy (non-hydrogen) atoms. The lowest BCUT2D eigenvalue weighted by molar-refractivity contribution is -0.177. The van der Waals surface area contributed by atoms with Gasteiger partial charge >= 0.3 is 6.18 Å². The fraction of sp³-hybridized carbons (Fsp3) is 0.909. The Balaban J connectivity index is 1.75. The Morgan fingerprint density at radius 3 is 2.72 bits per heavy atom. The monoisotopic (exact) mass is 266 g/mol. The highest BCUT2D eigenvalue weighted by molar-refractivity contribution is 5.77. The molecule has 2 rings (SSSR count). The molecule has 0 aromatic carbocycles. The van der Waals surface area contributed by atoms with Crippen LogP contribution in [0.2, 0.25) is 0 Å². The van der Waals surface area contributed by atoms with Gasteiger partial charge in [0.1, 0.15) is 13.2 Å². The summed E-state index contributed by atoms with van der Waals surface area (Å²) in [6, 6.07) is 0.730. The molecule has 1 amide bonds. The molecule has 0 saturated carbocycles. The highest BCUT2D eigenvalue weighted by Gasteiger charge is 2.32. The van der Waals surface area contributed by atoms with E-state index in [-0.39, 0.29) is 11.9 Å². The highest BCUT2D eigenvalue weighted by atomic mass is 19.4. The summed E-state index contributed by atoms with van der Waals surface area (Å²) in [6.07, 6.45) is -1.36. The van der Waals surface area contributed by atoms with Crippen LogP contribution in [0.4, 0.5) is 13.2 Å². The van der Waals surface area contributed by atoms with Crippen LogP contribution in [0.3, 0.4) is 0 Å². The average molecular weight is 266 g/mol. The third kappa shape index (κ3) is 3.84. The molecule has 2 saturated heterocycles. The Kier molecular flexibility index (Phi) is 4.11. The van der Waals surface area contributed by atoms with Crippen molar-refractivity contribution in [1.82, 2.24) is 10.2 Å². The smallest absolute Gasteiger partial charge is 0.362 e. The first-order valence-corrected chi connectivity index (χ1v) is 6.12. The van der Waals surface area contributed by atoms with Gasteiger partial charge in [-0.3, -0.25) is 4.79 Å². The number of alkyl halides is 3. The molecule has 0 aromatic heterocycles. The van der Waals surface area contributed by atoms with E-state index in [2.05, 4.69) is 10.1 Å². The zero-order valence-electron chi connectivity index (χ0n) is 10.0. The van der Waals surface area contributed by atoms with Crippen molar-refractivity contribution in [3.63, 3.8) is 0 Å². The summed E-state index contributed by atoms with van der Waals surface area (Å²) in [4.78, 5) is 13.3. The molecule has 2 aliphatic rings. The lowest BCUT2D eigenvalue weighted by Gasteiger charge is -2.24. The number of hydrogen-bond donors (Lipinski definition) is 1. The summed E-state index contributed by atoms with van der Waals surface area (Å²) in [5, 5.41) is 3.40. The number of carbonyl (C=O) groups excluding carboxylic acids is 1. The van der Waals surface area contributed by atoms with Crippen molar-refractivity contribution in [2.75, 3.05) is 26.3 Å². The third-order valence-electron chi connectivity index (χ3n) is 3.37. The van der Waals surface area contributed by atoms with Crippen LogP contribution in [-0.2, 0) is 9.53 Å². The molecular weight excluding hydrogens is 249 g/mol. The lowest BCUT2D eigenvalue weighted by Crippen LogP contribution is -2.41. The van der Waals surface area contributed by atoms with E-state index >= 15 is 0 Å². The van der Waals surface area contributed by atoms with Crippen LogP contribution < -0.4 is 5.32 Å². The predicted molar refractivity (Wildman–Crippen MR) is 58.0 cm³/mol. The summed E-state index contributed by atoms with van der Waals surface area (Å²) < 4.78 is 40.0. The highest BCUT2D eigenvalue weighted by Crippen LogP contribution is 2.20. The molecule has 1 N–H and O–H groups in total. The van der Waals surface area contributed by atoms with Crippen LogP contribution in [0.1, 0.15) is 19.3 Å². The summed E-state index contributed by atoms with van der Waals surface area (Å²) in [6.45, 7) is -0.680. The number of ether oxygens (including phenoxy) is 1. The summed E-state index contributed by atoms with van der Waals surface area (Å²) >= 11 is 0. The minimum Gasteiger partial charge on any atom is -0.362 e. The number of rotatable bonds is 3. The van der Waals surface area contributed by atoms with Crippen LogP contribution in [0.15, 0.2) is 0 Å². The van der Waals surface area contributed by atoms with Gasteiger partial charge in [0.15, 0.2) is 0 Å². The summed E-state index contributed by atoms with van der Waals surface area (Å²) in [7, 11) is 0. The first-order chi connectivity index (χ1) is 8.44. The first kappa shape index (κ1) is 13.6. The number of carbonyl (C=O) groups is 1. The fourth-order valence-electron chi connectivity index (χ4n) is 2.51. The second kappa shape index (κ2) is 5.44. The zero-order chi connectivity index (χ0) is 13.2. The molecule has 0 spiro atoms. The second-order valence-electron chi connectivity index (χ2n) is 4.87. The SMILES string of the molecule is O=C(COCC(F)(F)F)N1CCC2CCC(C1)N2. The predicted octanol–water partition coefficient (Wildman–Crippen LogP) is 0.918. The Bertz CT molecular complexity index is 309. The third-order valence-corrected chi connectivity index (χ3v) is 3.37. The van der Waals surface area contributed by atoms with Gasteiger partial charge in [0.25, 0.3) is 0 Å². The minimum atomic E-state index is -4.38. The molecule has 2 bridgehead atoms. The van der Waals surface area contributed by atoms with Crippen LogP contribution in [0.25, 0.3) is 0 Å². The number of nitrogens with zero attached hydrogens (tertiary/aromatic N) is 1. The summed E-state index contributed by atoms with van der Waals surface area (Å²) in [5.74, 6) is -0.353. The molecule has 2 heterocycles. The van der Waals surface area contributed by atoms with Gasteiger partial charge in [-0.25, -0.2) is 0 Å². The van der Waals surface area contributed by atoms with E-state index in [1.165, 1.54) is 0 Å². The molecule has 0 aliphatic carbocycles. The van der Waals surface area contributed by atoms with Gasteiger partial charge in [-0.05, 0) is 19.3 Å². The number of fused-ring (bicyclic) bond motifs is 2. The molecule has 2 fully saturated rings. The standard InChI is InChI=1S/C11H17F3N2O2/c12-11(13,14)7-18-6-10(17)16-4-3-8-1-2-9(5-16)15-8/h8-9,15H,1-7H2. The number of amides is 1. The van der Waals surface area contributed by atoms with Gasteiger partial charge in [0.2, 0.25) is 5.91 Å². The second-order valence-corrected chi connectivity index (χ2v) is 4.87. The molecule has 0 aromatic rings. The van der Waals surface area contributed by atoms with Crippen molar-refractivity contribution in [2.24, 2.45) is 0 Å². The van der Waals surface area contributed by atoms with Gasteiger partial charge < -0.3 is 15.0 Å². The van der Waals surface area contributed by atoms with Gasteiger partial charge in [-0.15, -0.1) is 0 Å². The van der Waals surface area contributed by atoms with E-state index in [9.17, 15) is 18.0 Å². The number of likely N-dealkylation sites (tertiary alicyclic amines) is 1. The maximum atomic E-state index is 11.9. The Hall–Kier alpha value is -0.820. The Labute approximate surface area is 103 Å². The van der Waals surface area contributed by atoms with Crippen molar-refractivity contribution in [1.29, 1.82) is 0 Å². The van der Waals surface area contributed by atoms with E-state index < -0.39 is 19.4 Å². The maximum absolute atomic E-state index is 11.9. The Morgan fingerprint density at radius 2 is 2.00 bits per heavy atom. The van der Waals surface area contributed by atoms with E-state index in [4.69, 9.17) is 0 Å². The zero-order valence-corrected chi connectivity index (χ0v) is 10.0. The fourth-order valence-corrected chi connectivity index (χ4v) is 2.51. The van der Waals surface area contributed by atoms with Crippen molar-refractivity contribution >= 4 is 5.91 Å². The number of nitrogens with one attached hydrogen (secondary N) is 1. The minimum absolute atomic E-state index is 0.282. The average Bonchev–Trinajstić information content (AvgIpc) is 2.56. The topological polar surface area (TPSA) is 41.6 Å². The van der Waals surface area contributed by atoms with Crippen molar-refractivity contribution < 1.29 is 22.7 Å².